The van der Waals surface area contributed by atoms with Gasteiger partial charge in [-0.2, -0.15) is 0 Å². The summed E-state index contributed by atoms with van der Waals surface area (Å²) in [6.45, 7) is 1.99. The quantitative estimate of drug-likeness (QED) is 0.211. The standard InChI is InChI=1S/C23H21Cl2NO6/c1-4-32-23(29)20(28)10-19(27)16-12-26(11-13-5-6-14(24)7-17(13)25)18-9-22(31-3)21(30-2)8-15(16)18/h5-10,12,27H,4,11H2,1-3H3. The van der Waals surface area contributed by atoms with E-state index in [1.807, 2.05) is 4.57 Å². The normalized spacial score (nSPS) is 11.5. The summed E-state index contributed by atoms with van der Waals surface area (Å²) in [5, 5.41) is 12.3. The average molecular weight is 478 g/mol. The van der Waals surface area contributed by atoms with Gasteiger partial charge in [0.15, 0.2) is 11.5 Å². The number of carbonyl (C=O) groups excluding carboxylic acids is 2. The molecule has 0 aliphatic carbocycles. The van der Waals surface area contributed by atoms with Gasteiger partial charge in [0.25, 0.3) is 5.78 Å². The number of benzene rings is 2. The number of nitrogens with zero attached hydrogens (tertiary/aromatic N) is 1. The molecule has 3 aromatic rings. The molecule has 1 heterocycles. The molecule has 0 fully saturated rings. The van der Waals surface area contributed by atoms with Crippen LogP contribution in [0.5, 0.6) is 11.5 Å². The Hall–Kier alpha value is -3.16. The lowest BCUT2D eigenvalue weighted by atomic mass is 10.1. The highest BCUT2D eigenvalue weighted by molar-refractivity contribution is 6.39. The van der Waals surface area contributed by atoms with E-state index in [0.29, 0.717) is 44.6 Å². The van der Waals surface area contributed by atoms with Crippen molar-refractivity contribution in [3.63, 3.8) is 0 Å². The second-order valence-corrected chi connectivity index (χ2v) is 7.59. The smallest absolute Gasteiger partial charge is 0.379 e. The van der Waals surface area contributed by atoms with Crippen molar-refractivity contribution in [1.29, 1.82) is 0 Å². The van der Waals surface area contributed by atoms with Gasteiger partial charge in [-0.15, -0.1) is 0 Å². The number of fused-ring (bicyclic) bond motifs is 1. The number of rotatable bonds is 8. The lowest BCUT2D eigenvalue weighted by Gasteiger charge is -2.11. The second kappa shape index (κ2) is 9.97. The zero-order chi connectivity index (χ0) is 23.4. The summed E-state index contributed by atoms with van der Waals surface area (Å²) in [5.41, 5.74) is 1.80. The van der Waals surface area contributed by atoms with E-state index in [1.165, 1.54) is 14.2 Å². The van der Waals surface area contributed by atoms with Crippen LogP contribution in [0.3, 0.4) is 0 Å². The molecule has 1 aromatic heterocycles. The van der Waals surface area contributed by atoms with E-state index in [-0.39, 0.29) is 12.4 Å². The topological polar surface area (TPSA) is 87.0 Å². The predicted octanol–water partition coefficient (Wildman–Crippen LogP) is 5.04. The number of carbonyl (C=O) groups is 2. The Balaban J connectivity index is 2.15. The Morgan fingerprint density at radius 3 is 2.41 bits per heavy atom. The van der Waals surface area contributed by atoms with E-state index in [4.69, 9.17) is 37.4 Å². The zero-order valence-corrected chi connectivity index (χ0v) is 19.2. The monoisotopic (exact) mass is 477 g/mol. The van der Waals surface area contributed by atoms with Crippen molar-refractivity contribution < 1.29 is 28.9 Å². The van der Waals surface area contributed by atoms with Gasteiger partial charge in [0, 0.05) is 45.9 Å². The highest BCUT2D eigenvalue weighted by atomic mass is 35.5. The van der Waals surface area contributed by atoms with Gasteiger partial charge in [-0.05, 0) is 30.7 Å². The maximum absolute atomic E-state index is 12.1. The van der Waals surface area contributed by atoms with E-state index in [0.717, 1.165) is 11.6 Å². The Bertz CT molecular complexity index is 1210. The molecule has 0 saturated heterocycles. The van der Waals surface area contributed by atoms with E-state index < -0.39 is 11.8 Å². The highest BCUT2D eigenvalue weighted by Gasteiger charge is 2.20. The maximum atomic E-state index is 12.1. The van der Waals surface area contributed by atoms with Gasteiger partial charge in [0.2, 0.25) is 0 Å². The third kappa shape index (κ3) is 4.84. The second-order valence-electron chi connectivity index (χ2n) is 6.75. The third-order valence-electron chi connectivity index (χ3n) is 4.76. The number of methoxy groups -OCH3 is 2. The van der Waals surface area contributed by atoms with Crippen LogP contribution in [0.4, 0.5) is 0 Å². The van der Waals surface area contributed by atoms with E-state index in [2.05, 4.69) is 0 Å². The van der Waals surface area contributed by atoms with Crippen LogP contribution < -0.4 is 9.47 Å². The van der Waals surface area contributed by atoms with Crippen molar-refractivity contribution >= 4 is 51.6 Å². The third-order valence-corrected chi connectivity index (χ3v) is 5.35. The Morgan fingerprint density at radius 1 is 1.09 bits per heavy atom. The van der Waals surface area contributed by atoms with Crippen molar-refractivity contribution in [1.82, 2.24) is 4.57 Å². The summed E-state index contributed by atoms with van der Waals surface area (Å²) < 4.78 is 17.3. The van der Waals surface area contributed by atoms with Crippen molar-refractivity contribution in [2.24, 2.45) is 0 Å². The molecule has 0 spiro atoms. The molecule has 0 radical (unpaired) electrons. The van der Waals surface area contributed by atoms with Gasteiger partial charge in [0.1, 0.15) is 5.76 Å². The first-order chi connectivity index (χ1) is 15.3. The molecule has 7 nitrogen and oxygen atoms in total. The largest absolute Gasteiger partial charge is 0.507 e. The summed E-state index contributed by atoms with van der Waals surface area (Å²) >= 11 is 12.3. The van der Waals surface area contributed by atoms with Crippen molar-refractivity contribution in [3.8, 4) is 11.5 Å². The van der Waals surface area contributed by atoms with Gasteiger partial charge in [0.05, 0.1) is 26.3 Å². The van der Waals surface area contributed by atoms with Crippen molar-refractivity contribution in [3.05, 3.63) is 63.8 Å². The van der Waals surface area contributed by atoms with Gasteiger partial charge >= 0.3 is 5.97 Å². The molecule has 0 amide bonds. The fourth-order valence-electron chi connectivity index (χ4n) is 3.25. The van der Waals surface area contributed by atoms with Crippen LogP contribution in [-0.2, 0) is 20.9 Å². The minimum atomic E-state index is -1.05. The summed E-state index contributed by atoms with van der Waals surface area (Å²) in [4.78, 5) is 23.7. The fraction of sp³-hybridized carbons (Fsp3) is 0.217. The number of ketones is 1. The molecule has 9 heteroatoms. The first kappa shape index (κ1) is 23.5. The number of esters is 1. The number of halogens is 2. The molecule has 0 atom stereocenters. The molecule has 32 heavy (non-hydrogen) atoms. The van der Waals surface area contributed by atoms with Gasteiger partial charge in [-0.25, -0.2) is 4.79 Å². The lowest BCUT2D eigenvalue weighted by Crippen LogP contribution is -2.15. The molecule has 2 aromatic carbocycles. The molecular weight excluding hydrogens is 457 g/mol. The van der Waals surface area contributed by atoms with Crippen molar-refractivity contribution in [2.75, 3.05) is 20.8 Å². The minimum Gasteiger partial charge on any atom is -0.507 e. The number of aliphatic hydroxyl groups excluding tert-OH is 1. The number of ether oxygens (including phenoxy) is 3. The molecule has 3 rings (SSSR count). The lowest BCUT2D eigenvalue weighted by molar-refractivity contribution is -0.151. The van der Waals surface area contributed by atoms with Crippen LogP contribution in [0.25, 0.3) is 16.7 Å². The van der Waals surface area contributed by atoms with Crippen molar-refractivity contribution in [2.45, 2.75) is 13.5 Å². The summed E-state index contributed by atoms with van der Waals surface area (Å²) in [6.07, 6.45) is 2.49. The predicted molar refractivity (Wildman–Crippen MR) is 123 cm³/mol. The van der Waals surface area contributed by atoms with Gasteiger partial charge in [-0.3, -0.25) is 4.79 Å². The van der Waals surface area contributed by atoms with Crippen LogP contribution in [0.15, 0.2) is 42.6 Å². The molecule has 0 aliphatic rings. The summed E-state index contributed by atoms with van der Waals surface area (Å²) in [5.74, 6) is -1.48. The number of hydrogen-bond donors (Lipinski definition) is 1. The first-order valence-electron chi connectivity index (χ1n) is 9.59. The van der Waals surface area contributed by atoms with E-state index in [1.54, 1.807) is 43.5 Å². The van der Waals surface area contributed by atoms with Crippen LogP contribution in [0.2, 0.25) is 10.0 Å². The van der Waals surface area contributed by atoms with Gasteiger partial charge in [-0.1, -0.05) is 29.3 Å². The molecule has 0 saturated carbocycles. The zero-order valence-electron chi connectivity index (χ0n) is 17.6. The molecule has 0 bridgehead atoms. The Labute approximate surface area is 194 Å². The van der Waals surface area contributed by atoms with Crippen LogP contribution in [0, 0.1) is 0 Å². The average Bonchev–Trinajstić information content (AvgIpc) is 3.12. The SMILES string of the molecule is CCOC(=O)C(=O)C=C(O)c1cn(Cc2ccc(Cl)cc2Cl)c2cc(OC)c(OC)cc12. The Morgan fingerprint density at radius 2 is 1.78 bits per heavy atom. The maximum Gasteiger partial charge on any atom is 0.379 e. The van der Waals surface area contributed by atoms with E-state index in [9.17, 15) is 14.7 Å². The first-order valence-corrected chi connectivity index (χ1v) is 10.4. The molecular formula is C23H21Cl2NO6. The summed E-state index contributed by atoms with van der Waals surface area (Å²) in [7, 11) is 3.01. The van der Waals surface area contributed by atoms with Crippen LogP contribution in [-0.4, -0.2) is 42.3 Å². The highest BCUT2D eigenvalue weighted by Crippen LogP contribution is 2.37. The fourth-order valence-corrected chi connectivity index (χ4v) is 3.72. The molecule has 168 valence electrons. The number of aromatic nitrogens is 1. The molecule has 1 N–H and O–H groups in total. The van der Waals surface area contributed by atoms with Gasteiger partial charge < -0.3 is 23.9 Å². The Kier molecular flexibility index (Phi) is 7.33. The number of hydrogen-bond acceptors (Lipinski definition) is 6. The van der Waals surface area contributed by atoms with E-state index >= 15 is 0 Å². The minimum absolute atomic E-state index is 0.0529. The number of aliphatic hydroxyl groups is 1. The summed E-state index contributed by atoms with van der Waals surface area (Å²) in [6, 6.07) is 8.61. The molecule has 0 aliphatic heterocycles. The molecule has 0 unspecified atom stereocenters. The van der Waals surface area contributed by atoms with Crippen LogP contribution >= 0.6 is 23.2 Å². The van der Waals surface area contributed by atoms with Crippen LogP contribution in [0.1, 0.15) is 18.1 Å².